The van der Waals surface area contributed by atoms with E-state index >= 15 is 0 Å². The highest BCUT2D eigenvalue weighted by molar-refractivity contribution is 5.94. The number of amides is 1. The lowest BCUT2D eigenvalue weighted by Gasteiger charge is -2.34. The van der Waals surface area contributed by atoms with Gasteiger partial charge in [0.2, 0.25) is 0 Å². The Morgan fingerprint density at radius 1 is 1.36 bits per heavy atom. The number of imidazole rings is 1. The van der Waals surface area contributed by atoms with Crippen LogP contribution in [0.15, 0.2) is 30.7 Å². The van der Waals surface area contributed by atoms with Gasteiger partial charge in [-0.25, -0.2) is 4.98 Å². The first-order valence-corrected chi connectivity index (χ1v) is 8.37. The number of hydrogen-bond acceptors (Lipinski definition) is 2. The summed E-state index contributed by atoms with van der Waals surface area (Å²) in [4.78, 5) is 19.3. The van der Waals surface area contributed by atoms with Crippen LogP contribution in [0.1, 0.15) is 36.5 Å². The fraction of sp³-hybridized carbons (Fsp3) is 0.556. The summed E-state index contributed by atoms with van der Waals surface area (Å²) in [5.41, 5.74) is 2.04. The minimum absolute atomic E-state index is 0.186. The van der Waals surface area contributed by atoms with Crippen LogP contribution in [0, 0.1) is 23.2 Å². The molecular formula is C18H21N3O. The smallest absolute Gasteiger partial charge is 0.255 e. The van der Waals surface area contributed by atoms with Crippen molar-refractivity contribution in [3.8, 4) is 0 Å². The molecule has 3 aliphatic rings. The third kappa shape index (κ3) is 1.53. The van der Waals surface area contributed by atoms with Gasteiger partial charge in [-0.1, -0.05) is 6.92 Å². The van der Waals surface area contributed by atoms with E-state index in [0.29, 0.717) is 5.41 Å². The summed E-state index contributed by atoms with van der Waals surface area (Å²) in [7, 11) is 0. The molecule has 1 amide bonds. The number of carbonyl (C=O) groups excluding carboxylic acids is 1. The van der Waals surface area contributed by atoms with E-state index in [-0.39, 0.29) is 5.91 Å². The number of aromatic nitrogens is 2. The Morgan fingerprint density at radius 2 is 2.27 bits per heavy atom. The molecule has 0 aromatic carbocycles. The van der Waals surface area contributed by atoms with Gasteiger partial charge in [-0.05, 0) is 54.6 Å². The summed E-state index contributed by atoms with van der Waals surface area (Å²) in [5.74, 6) is 2.62. The van der Waals surface area contributed by atoms with Crippen molar-refractivity contribution in [2.45, 2.75) is 26.2 Å². The second-order valence-corrected chi connectivity index (χ2v) is 7.68. The van der Waals surface area contributed by atoms with Crippen molar-refractivity contribution in [2.75, 3.05) is 13.1 Å². The number of pyridine rings is 1. The summed E-state index contributed by atoms with van der Waals surface area (Å²) >= 11 is 0. The van der Waals surface area contributed by atoms with Gasteiger partial charge in [-0.2, -0.15) is 0 Å². The zero-order valence-corrected chi connectivity index (χ0v) is 12.9. The summed E-state index contributed by atoms with van der Waals surface area (Å²) in [6.07, 6.45) is 9.74. The highest BCUT2D eigenvalue weighted by atomic mass is 16.2. The Bertz CT molecular complexity index is 767. The van der Waals surface area contributed by atoms with E-state index in [1.165, 1.54) is 19.3 Å². The van der Waals surface area contributed by atoms with E-state index in [9.17, 15) is 4.79 Å². The van der Waals surface area contributed by atoms with Gasteiger partial charge < -0.3 is 9.30 Å². The standard InChI is InChI=1S/C18H21N3O/c1-18-11-21(10-15(18)12-2-4-14(18)8-12)17(22)13-3-5-16-19-6-7-20(16)9-13/h3,5-7,9,12,14-15H,2,4,8,10-11H2,1H3/t12-,14+,15?,18-/m0/s1. The molecular weight excluding hydrogens is 274 g/mol. The maximum absolute atomic E-state index is 12.9. The number of hydrogen-bond donors (Lipinski definition) is 0. The second-order valence-electron chi connectivity index (χ2n) is 7.68. The molecule has 114 valence electrons. The molecule has 3 heterocycles. The first-order valence-electron chi connectivity index (χ1n) is 8.37. The minimum Gasteiger partial charge on any atom is -0.338 e. The van der Waals surface area contributed by atoms with Crippen molar-refractivity contribution in [3.63, 3.8) is 0 Å². The molecule has 4 heteroatoms. The fourth-order valence-corrected chi connectivity index (χ4v) is 5.52. The lowest BCUT2D eigenvalue weighted by Crippen LogP contribution is -2.34. The first kappa shape index (κ1) is 12.7. The summed E-state index contributed by atoms with van der Waals surface area (Å²) in [6.45, 7) is 4.33. The van der Waals surface area contributed by atoms with Crippen molar-refractivity contribution >= 4 is 11.6 Å². The molecule has 2 aromatic rings. The maximum Gasteiger partial charge on any atom is 0.255 e. The van der Waals surface area contributed by atoms with Gasteiger partial charge in [0.25, 0.3) is 5.91 Å². The number of fused-ring (bicyclic) bond motifs is 6. The SMILES string of the molecule is C[C@@]12CN(C(=O)c3ccc4nccn4c3)CC1[C@H]1CC[C@@H]2C1. The lowest BCUT2D eigenvalue weighted by molar-refractivity contribution is 0.0759. The summed E-state index contributed by atoms with van der Waals surface area (Å²) in [6, 6.07) is 3.84. The molecule has 2 bridgehead atoms. The predicted octanol–water partition coefficient (Wildman–Crippen LogP) is 2.84. The predicted molar refractivity (Wildman–Crippen MR) is 83.5 cm³/mol. The van der Waals surface area contributed by atoms with Gasteiger partial charge in [0.15, 0.2) is 0 Å². The highest BCUT2D eigenvalue weighted by Crippen LogP contribution is 2.62. The monoisotopic (exact) mass is 295 g/mol. The van der Waals surface area contributed by atoms with Gasteiger partial charge in [0.05, 0.1) is 5.56 Å². The van der Waals surface area contributed by atoms with Crippen LogP contribution in [-0.2, 0) is 0 Å². The van der Waals surface area contributed by atoms with Crippen LogP contribution in [0.4, 0.5) is 0 Å². The highest BCUT2D eigenvalue weighted by Gasteiger charge is 2.59. The Labute approximate surface area is 130 Å². The molecule has 2 saturated carbocycles. The number of likely N-dealkylation sites (tertiary alicyclic amines) is 1. The molecule has 1 aliphatic heterocycles. The maximum atomic E-state index is 12.9. The average Bonchev–Trinajstić information content (AvgIpc) is 3.25. The normalized spacial score (nSPS) is 36.2. The largest absolute Gasteiger partial charge is 0.338 e. The molecule has 0 N–H and O–H groups in total. The molecule has 2 aromatic heterocycles. The number of nitrogens with zero attached hydrogens (tertiary/aromatic N) is 3. The quantitative estimate of drug-likeness (QED) is 0.811. The summed E-state index contributed by atoms with van der Waals surface area (Å²) in [5, 5.41) is 0. The zero-order chi connectivity index (χ0) is 14.9. The molecule has 0 radical (unpaired) electrons. The molecule has 1 saturated heterocycles. The molecule has 22 heavy (non-hydrogen) atoms. The van der Waals surface area contributed by atoms with E-state index in [1.54, 1.807) is 6.20 Å². The average molecular weight is 295 g/mol. The molecule has 5 rings (SSSR count). The molecule has 4 atom stereocenters. The van der Waals surface area contributed by atoms with Gasteiger partial charge in [0, 0.05) is 31.7 Å². The van der Waals surface area contributed by atoms with E-state index in [4.69, 9.17) is 0 Å². The Balaban J connectivity index is 1.44. The fourth-order valence-electron chi connectivity index (χ4n) is 5.52. The van der Waals surface area contributed by atoms with Crippen LogP contribution in [0.5, 0.6) is 0 Å². The number of carbonyl (C=O) groups is 1. The zero-order valence-electron chi connectivity index (χ0n) is 12.9. The molecule has 2 aliphatic carbocycles. The third-order valence-electron chi connectivity index (χ3n) is 6.69. The third-order valence-corrected chi connectivity index (χ3v) is 6.69. The van der Waals surface area contributed by atoms with Crippen molar-refractivity contribution in [3.05, 3.63) is 36.3 Å². The van der Waals surface area contributed by atoms with Crippen LogP contribution in [0.3, 0.4) is 0 Å². The van der Waals surface area contributed by atoms with Crippen LogP contribution < -0.4 is 0 Å². The Morgan fingerprint density at radius 3 is 3.14 bits per heavy atom. The first-order chi connectivity index (χ1) is 10.6. The molecule has 3 fully saturated rings. The topological polar surface area (TPSA) is 37.6 Å². The van der Waals surface area contributed by atoms with Crippen LogP contribution in [-0.4, -0.2) is 33.3 Å². The van der Waals surface area contributed by atoms with Gasteiger partial charge >= 0.3 is 0 Å². The molecule has 0 spiro atoms. The van der Waals surface area contributed by atoms with Gasteiger partial charge in [0.1, 0.15) is 5.65 Å². The Kier molecular flexibility index (Phi) is 2.37. The van der Waals surface area contributed by atoms with Gasteiger partial charge in [-0.15, -0.1) is 0 Å². The van der Waals surface area contributed by atoms with E-state index in [0.717, 1.165) is 42.1 Å². The minimum atomic E-state index is 0.186. The second kappa shape index (κ2) is 4.12. The van der Waals surface area contributed by atoms with Crippen LogP contribution in [0.2, 0.25) is 0 Å². The van der Waals surface area contributed by atoms with Crippen molar-refractivity contribution < 1.29 is 4.79 Å². The van der Waals surface area contributed by atoms with E-state index in [1.807, 2.05) is 28.9 Å². The van der Waals surface area contributed by atoms with E-state index in [2.05, 4.69) is 16.8 Å². The van der Waals surface area contributed by atoms with E-state index < -0.39 is 0 Å². The summed E-state index contributed by atoms with van der Waals surface area (Å²) < 4.78 is 1.93. The molecule has 1 unspecified atom stereocenters. The van der Waals surface area contributed by atoms with Crippen molar-refractivity contribution in [2.24, 2.45) is 23.2 Å². The Hall–Kier alpha value is -1.84. The van der Waals surface area contributed by atoms with Crippen molar-refractivity contribution in [1.29, 1.82) is 0 Å². The molecule has 4 nitrogen and oxygen atoms in total. The lowest BCUT2D eigenvalue weighted by atomic mass is 9.70. The van der Waals surface area contributed by atoms with Crippen LogP contribution >= 0.6 is 0 Å². The van der Waals surface area contributed by atoms with Crippen LogP contribution in [0.25, 0.3) is 5.65 Å². The van der Waals surface area contributed by atoms with Crippen molar-refractivity contribution in [1.82, 2.24) is 14.3 Å². The van der Waals surface area contributed by atoms with Gasteiger partial charge in [-0.3, -0.25) is 4.79 Å². The number of rotatable bonds is 1.